The molecule has 1 aliphatic heterocycles. The van der Waals surface area contributed by atoms with Gasteiger partial charge in [-0.3, -0.25) is 9.59 Å². The van der Waals surface area contributed by atoms with Crippen LogP contribution in [0, 0.1) is 5.92 Å². The average Bonchev–Trinajstić information content (AvgIpc) is 3.00. The Bertz CT molecular complexity index is 557. The molecule has 0 aliphatic carbocycles. The van der Waals surface area contributed by atoms with E-state index in [-0.39, 0.29) is 24.6 Å². The molecular formula is C16H21NO5. The van der Waals surface area contributed by atoms with Crippen LogP contribution in [-0.4, -0.2) is 43.8 Å². The summed E-state index contributed by atoms with van der Waals surface area (Å²) in [6, 6.07) is 5.11. The second-order valence-electron chi connectivity index (χ2n) is 5.24. The molecule has 1 aromatic rings. The van der Waals surface area contributed by atoms with Crippen molar-refractivity contribution in [2.24, 2.45) is 5.92 Å². The molecule has 1 amide bonds. The molecule has 0 fully saturated rings. The minimum Gasteiger partial charge on any atom is -0.469 e. The van der Waals surface area contributed by atoms with E-state index in [4.69, 9.17) is 14.2 Å². The summed E-state index contributed by atoms with van der Waals surface area (Å²) in [6.45, 7) is 4.82. The highest BCUT2D eigenvalue weighted by Crippen LogP contribution is 2.32. The van der Waals surface area contributed by atoms with Crippen molar-refractivity contribution in [1.82, 2.24) is 4.90 Å². The Morgan fingerprint density at radius 1 is 1.32 bits per heavy atom. The lowest BCUT2D eigenvalue weighted by Crippen LogP contribution is -2.37. The Balaban J connectivity index is 2.13. The van der Waals surface area contributed by atoms with Gasteiger partial charge >= 0.3 is 5.97 Å². The number of methoxy groups -OCH3 is 1. The van der Waals surface area contributed by atoms with Crippen molar-refractivity contribution >= 4 is 11.9 Å². The van der Waals surface area contributed by atoms with E-state index in [1.54, 1.807) is 30.0 Å². The van der Waals surface area contributed by atoms with Crippen molar-refractivity contribution in [3.8, 4) is 11.5 Å². The van der Waals surface area contributed by atoms with Gasteiger partial charge in [0, 0.05) is 18.7 Å². The minimum atomic E-state index is -0.366. The molecule has 1 unspecified atom stereocenters. The zero-order chi connectivity index (χ0) is 16.1. The highest BCUT2D eigenvalue weighted by molar-refractivity contribution is 5.95. The molecule has 6 nitrogen and oxygen atoms in total. The van der Waals surface area contributed by atoms with Gasteiger partial charge in [0.1, 0.15) is 0 Å². The standard InChI is InChI=1S/C16H21NO5/c1-4-7-17(9-11(2)16(19)20-3)15(18)12-5-6-13-14(8-12)22-10-21-13/h5-6,8,11H,4,7,9-10H2,1-3H3. The van der Waals surface area contributed by atoms with Gasteiger partial charge in [0.15, 0.2) is 11.5 Å². The number of ether oxygens (including phenoxy) is 3. The third kappa shape index (κ3) is 3.50. The smallest absolute Gasteiger partial charge is 0.310 e. The van der Waals surface area contributed by atoms with E-state index < -0.39 is 0 Å². The lowest BCUT2D eigenvalue weighted by molar-refractivity contribution is -0.145. The zero-order valence-corrected chi connectivity index (χ0v) is 13.1. The molecule has 22 heavy (non-hydrogen) atoms. The first-order valence-electron chi connectivity index (χ1n) is 7.33. The van der Waals surface area contributed by atoms with Crippen LogP contribution in [0.4, 0.5) is 0 Å². The molecule has 0 aromatic heterocycles. The van der Waals surface area contributed by atoms with Crippen molar-refractivity contribution in [2.45, 2.75) is 20.3 Å². The number of carbonyl (C=O) groups excluding carboxylic acids is 2. The molecule has 0 saturated heterocycles. The summed E-state index contributed by atoms with van der Waals surface area (Å²) in [5.41, 5.74) is 0.523. The molecule has 1 heterocycles. The number of nitrogens with zero attached hydrogens (tertiary/aromatic N) is 1. The van der Waals surface area contributed by atoms with Crippen molar-refractivity contribution < 1.29 is 23.8 Å². The van der Waals surface area contributed by atoms with Crippen LogP contribution in [0.15, 0.2) is 18.2 Å². The minimum absolute atomic E-state index is 0.129. The summed E-state index contributed by atoms with van der Waals surface area (Å²) < 4.78 is 15.3. The molecule has 1 aliphatic rings. The summed E-state index contributed by atoms with van der Waals surface area (Å²) in [5.74, 6) is 0.398. The number of benzene rings is 1. The fraction of sp³-hybridized carbons (Fsp3) is 0.500. The third-order valence-electron chi connectivity index (χ3n) is 3.50. The normalized spacial score (nSPS) is 13.6. The Morgan fingerprint density at radius 2 is 2.05 bits per heavy atom. The largest absolute Gasteiger partial charge is 0.469 e. The third-order valence-corrected chi connectivity index (χ3v) is 3.50. The Labute approximate surface area is 129 Å². The van der Waals surface area contributed by atoms with Crippen LogP contribution in [0.1, 0.15) is 30.6 Å². The molecule has 0 saturated carbocycles. The van der Waals surface area contributed by atoms with Gasteiger partial charge in [-0.1, -0.05) is 13.8 Å². The van der Waals surface area contributed by atoms with Gasteiger partial charge in [-0.2, -0.15) is 0 Å². The van der Waals surface area contributed by atoms with Crippen LogP contribution < -0.4 is 9.47 Å². The van der Waals surface area contributed by atoms with Gasteiger partial charge < -0.3 is 19.1 Å². The summed E-state index contributed by atoms with van der Waals surface area (Å²) in [4.78, 5) is 25.9. The summed E-state index contributed by atoms with van der Waals surface area (Å²) >= 11 is 0. The molecule has 1 aromatic carbocycles. The first kappa shape index (κ1) is 16.1. The lowest BCUT2D eigenvalue weighted by atomic mass is 10.1. The molecule has 6 heteroatoms. The SMILES string of the molecule is CCCN(CC(C)C(=O)OC)C(=O)c1ccc2c(c1)OCO2. The van der Waals surface area contributed by atoms with Crippen molar-refractivity contribution in [3.05, 3.63) is 23.8 Å². The zero-order valence-electron chi connectivity index (χ0n) is 13.1. The number of rotatable bonds is 6. The first-order chi connectivity index (χ1) is 10.6. The maximum Gasteiger partial charge on any atom is 0.310 e. The second kappa shape index (κ2) is 7.15. The van der Waals surface area contributed by atoms with Crippen LogP contribution in [0.3, 0.4) is 0 Å². The number of esters is 1. The van der Waals surface area contributed by atoms with E-state index in [9.17, 15) is 9.59 Å². The summed E-state index contributed by atoms with van der Waals surface area (Å²) in [6.07, 6.45) is 0.810. The van der Waals surface area contributed by atoms with Crippen LogP contribution in [-0.2, 0) is 9.53 Å². The fourth-order valence-electron chi connectivity index (χ4n) is 2.36. The predicted molar refractivity (Wildman–Crippen MR) is 79.9 cm³/mol. The summed E-state index contributed by atoms with van der Waals surface area (Å²) in [7, 11) is 1.35. The second-order valence-corrected chi connectivity index (χ2v) is 5.24. The highest BCUT2D eigenvalue weighted by Gasteiger charge is 2.23. The fourth-order valence-corrected chi connectivity index (χ4v) is 2.36. The highest BCUT2D eigenvalue weighted by atomic mass is 16.7. The van der Waals surface area contributed by atoms with E-state index in [1.807, 2.05) is 6.92 Å². The quantitative estimate of drug-likeness (QED) is 0.753. The van der Waals surface area contributed by atoms with Gasteiger partial charge in [0.2, 0.25) is 6.79 Å². The number of carbonyl (C=O) groups is 2. The van der Waals surface area contributed by atoms with E-state index in [0.717, 1.165) is 6.42 Å². The molecule has 120 valence electrons. The topological polar surface area (TPSA) is 65.1 Å². The first-order valence-corrected chi connectivity index (χ1v) is 7.33. The van der Waals surface area contributed by atoms with E-state index in [1.165, 1.54) is 7.11 Å². The van der Waals surface area contributed by atoms with Crippen LogP contribution in [0.5, 0.6) is 11.5 Å². The molecule has 0 spiro atoms. The van der Waals surface area contributed by atoms with Crippen molar-refractivity contribution in [3.63, 3.8) is 0 Å². The average molecular weight is 307 g/mol. The van der Waals surface area contributed by atoms with E-state index in [0.29, 0.717) is 30.2 Å². The number of hydrogen-bond donors (Lipinski definition) is 0. The van der Waals surface area contributed by atoms with Crippen LogP contribution in [0.25, 0.3) is 0 Å². The molecular weight excluding hydrogens is 286 g/mol. The summed E-state index contributed by atoms with van der Waals surface area (Å²) in [5, 5.41) is 0. The molecule has 1 atom stereocenters. The van der Waals surface area contributed by atoms with Crippen LogP contribution in [0.2, 0.25) is 0 Å². The van der Waals surface area contributed by atoms with Crippen molar-refractivity contribution in [1.29, 1.82) is 0 Å². The number of hydrogen-bond acceptors (Lipinski definition) is 5. The molecule has 2 rings (SSSR count). The number of amides is 1. The van der Waals surface area contributed by atoms with E-state index >= 15 is 0 Å². The van der Waals surface area contributed by atoms with E-state index in [2.05, 4.69) is 0 Å². The van der Waals surface area contributed by atoms with Gasteiger partial charge in [-0.25, -0.2) is 0 Å². The molecule has 0 N–H and O–H groups in total. The Morgan fingerprint density at radius 3 is 2.73 bits per heavy atom. The maximum atomic E-state index is 12.7. The Kier molecular flexibility index (Phi) is 5.25. The Hall–Kier alpha value is -2.24. The van der Waals surface area contributed by atoms with Crippen LogP contribution >= 0.6 is 0 Å². The number of fused-ring (bicyclic) bond motifs is 1. The predicted octanol–water partition coefficient (Wildman–Crippen LogP) is 2.08. The van der Waals surface area contributed by atoms with Crippen molar-refractivity contribution in [2.75, 3.05) is 27.0 Å². The van der Waals surface area contributed by atoms with Gasteiger partial charge in [-0.15, -0.1) is 0 Å². The maximum absolute atomic E-state index is 12.7. The monoisotopic (exact) mass is 307 g/mol. The molecule has 0 bridgehead atoms. The van der Waals surface area contributed by atoms with Gasteiger partial charge in [0.05, 0.1) is 13.0 Å². The van der Waals surface area contributed by atoms with Gasteiger partial charge in [0.25, 0.3) is 5.91 Å². The molecule has 0 radical (unpaired) electrons. The van der Waals surface area contributed by atoms with Gasteiger partial charge in [-0.05, 0) is 24.6 Å². The lowest BCUT2D eigenvalue weighted by Gasteiger charge is -2.24.